The first-order valence-corrected chi connectivity index (χ1v) is 18.4. The fourth-order valence-corrected chi connectivity index (χ4v) is 6.85. The van der Waals surface area contributed by atoms with Crippen molar-refractivity contribution in [3.8, 4) is 11.5 Å². The van der Waals surface area contributed by atoms with E-state index in [1.54, 1.807) is 30.3 Å². The average molecular weight is 734 g/mol. The Morgan fingerprint density at radius 2 is 1.18 bits per heavy atom. The van der Waals surface area contributed by atoms with E-state index in [9.17, 15) is 39.5 Å². The number of phenols is 1. The third kappa shape index (κ3) is 7.00. The van der Waals surface area contributed by atoms with Gasteiger partial charge in [-0.15, -0.1) is 15.3 Å². The van der Waals surface area contributed by atoms with E-state index < -0.39 is 45.9 Å². The lowest BCUT2D eigenvalue weighted by atomic mass is 10.1. The minimum absolute atomic E-state index is 0.0478. The highest BCUT2D eigenvalue weighted by Gasteiger charge is 2.24. The Bertz CT molecular complexity index is 2700. The summed E-state index contributed by atoms with van der Waals surface area (Å²) in [4.78, 5) is -1.40. The number of rotatable bonds is 9. The Kier molecular flexibility index (Phi) is 8.80. The van der Waals surface area contributed by atoms with Gasteiger partial charge in [0.15, 0.2) is 5.75 Å². The van der Waals surface area contributed by atoms with Crippen molar-refractivity contribution in [3.63, 3.8) is 0 Å². The predicted molar refractivity (Wildman–Crippen MR) is 183 cm³/mol. The average Bonchev–Trinajstić information content (AvgIpc) is 3.07. The number of azo groups is 2. The van der Waals surface area contributed by atoms with E-state index in [0.29, 0.717) is 10.8 Å². The van der Waals surface area contributed by atoms with Gasteiger partial charge < -0.3 is 15.0 Å². The van der Waals surface area contributed by atoms with Crippen molar-refractivity contribution >= 4 is 80.3 Å². The van der Waals surface area contributed by atoms with Crippen molar-refractivity contribution < 1.29 is 43.6 Å². The number of hydrogen-bond donors (Lipinski definition) is 4. The van der Waals surface area contributed by atoms with E-state index in [-0.39, 0.29) is 49.9 Å². The van der Waals surface area contributed by atoms with Crippen LogP contribution >= 0.6 is 0 Å². The molecule has 0 aliphatic carbocycles. The van der Waals surface area contributed by atoms with Gasteiger partial charge in [0.1, 0.15) is 16.3 Å². The van der Waals surface area contributed by atoms with Gasteiger partial charge in [0, 0.05) is 16.8 Å². The minimum Gasteiger partial charge on any atom is -0.507 e. The van der Waals surface area contributed by atoms with Gasteiger partial charge in [-0.3, -0.25) is 9.11 Å². The Morgan fingerprint density at radius 1 is 0.560 bits per heavy atom. The van der Waals surface area contributed by atoms with Crippen LogP contribution in [-0.4, -0.2) is 39.5 Å². The largest absolute Gasteiger partial charge is 0.507 e. The standard InChI is InChI=1S/C32H23N5O10S3/c33-32-27(14-9-19-5-4-8-28(38)30(19)32)37-36-26-16-15-25(35-34-20-10-12-21(13-11-20)48(39,40)41)24-17-23(49(42,43)44)18-29(31(24)26)47-50(45,46)22-6-2-1-3-7-22/h1-18,38H,33H2,(H,39,40,41)(H,42,43,44). The number of phenolic OH excluding ortho intramolecular Hbond substituents is 1. The fourth-order valence-electron chi connectivity index (χ4n) is 4.89. The molecule has 50 heavy (non-hydrogen) atoms. The molecule has 6 aromatic rings. The lowest BCUT2D eigenvalue weighted by molar-refractivity contribution is 0.477. The molecule has 0 radical (unpaired) electrons. The van der Waals surface area contributed by atoms with E-state index in [1.807, 2.05) is 0 Å². The second-order valence-electron chi connectivity index (χ2n) is 10.5. The summed E-state index contributed by atoms with van der Waals surface area (Å²) in [6.07, 6.45) is 0. The van der Waals surface area contributed by atoms with Gasteiger partial charge >= 0.3 is 10.1 Å². The van der Waals surface area contributed by atoms with Gasteiger partial charge in [0.2, 0.25) is 0 Å². The number of fused-ring (bicyclic) bond motifs is 2. The molecule has 0 unspecified atom stereocenters. The van der Waals surface area contributed by atoms with Gasteiger partial charge in [-0.2, -0.15) is 30.4 Å². The van der Waals surface area contributed by atoms with Crippen LogP contribution in [0.4, 0.5) is 28.4 Å². The van der Waals surface area contributed by atoms with Crippen LogP contribution in [0.15, 0.2) is 144 Å². The lowest BCUT2D eigenvalue weighted by Gasteiger charge is -2.14. The minimum atomic E-state index is -4.96. The zero-order valence-electron chi connectivity index (χ0n) is 25.2. The summed E-state index contributed by atoms with van der Waals surface area (Å²) >= 11 is 0. The maximum Gasteiger partial charge on any atom is 0.339 e. The second kappa shape index (κ2) is 12.9. The smallest absolute Gasteiger partial charge is 0.339 e. The summed E-state index contributed by atoms with van der Waals surface area (Å²) in [6, 6.07) is 24.2. The molecule has 0 fully saturated rings. The topological polar surface area (TPSA) is 248 Å². The van der Waals surface area contributed by atoms with Crippen LogP contribution in [0.1, 0.15) is 0 Å². The molecule has 15 nitrogen and oxygen atoms in total. The third-order valence-electron chi connectivity index (χ3n) is 7.25. The molecule has 6 rings (SSSR count). The summed E-state index contributed by atoms with van der Waals surface area (Å²) < 4.78 is 99.1. The lowest BCUT2D eigenvalue weighted by Crippen LogP contribution is -2.10. The summed E-state index contributed by atoms with van der Waals surface area (Å²) in [6.45, 7) is 0. The first-order chi connectivity index (χ1) is 23.6. The molecule has 0 aliphatic heterocycles. The van der Waals surface area contributed by atoms with E-state index in [1.165, 1.54) is 54.6 Å². The van der Waals surface area contributed by atoms with Crippen molar-refractivity contribution in [1.82, 2.24) is 0 Å². The van der Waals surface area contributed by atoms with Crippen molar-refractivity contribution in [2.45, 2.75) is 14.7 Å². The first-order valence-electron chi connectivity index (χ1n) is 14.1. The third-order valence-corrected chi connectivity index (χ3v) is 10.2. The molecule has 0 atom stereocenters. The predicted octanol–water partition coefficient (Wildman–Crippen LogP) is 7.37. The fraction of sp³-hybridized carbons (Fsp3) is 0. The number of benzene rings is 6. The van der Waals surface area contributed by atoms with Gasteiger partial charge in [-0.25, -0.2) is 0 Å². The maximum absolute atomic E-state index is 13.4. The summed E-state index contributed by atoms with van der Waals surface area (Å²) in [5.41, 5.74) is 6.56. The highest BCUT2D eigenvalue weighted by Crippen LogP contribution is 2.44. The van der Waals surface area contributed by atoms with Crippen molar-refractivity contribution in [2.75, 3.05) is 5.73 Å². The molecule has 254 valence electrons. The number of nitrogens with two attached hydrogens (primary N) is 1. The number of nitrogen functional groups attached to an aromatic ring is 1. The zero-order valence-corrected chi connectivity index (χ0v) is 27.6. The monoisotopic (exact) mass is 733 g/mol. The van der Waals surface area contributed by atoms with Crippen molar-refractivity contribution in [1.29, 1.82) is 0 Å². The molecule has 0 spiro atoms. The Balaban J connectivity index is 1.57. The molecular weight excluding hydrogens is 711 g/mol. The highest BCUT2D eigenvalue weighted by atomic mass is 32.2. The first kappa shape index (κ1) is 34.1. The molecule has 5 N–H and O–H groups in total. The van der Waals surface area contributed by atoms with Crippen LogP contribution in [-0.2, 0) is 30.4 Å². The van der Waals surface area contributed by atoms with Gasteiger partial charge in [0.05, 0.1) is 37.9 Å². The van der Waals surface area contributed by atoms with Gasteiger partial charge in [-0.05, 0) is 72.1 Å². The van der Waals surface area contributed by atoms with Crippen LogP contribution in [0.25, 0.3) is 21.5 Å². The van der Waals surface area contributed by atoms with E-state index in [0.717, 1.165) is 24.3 Å². The number of anilines is 1. The van der Waals surface area contributed by atoms with Crippen LogP contribution in [0, 0.1) is 0 Å². The zero-order chi connectivity index (χ0) is 35.8. The summed E-state index contributed by atoms with van der Waals surface area (Å²) in [5.74, 6) is -0.656. The number of aromatic hydroxyl groups is 1. The van der Waals surface area contributed by atoms with Crippen molar-refractivity contribution in [3.05, 3.63) is 109 Å². The molecule has 18 heteroatoms. The quantitative estimate of drug-likeness (QED) is 0.0494. The van der Waals surface area contributed by atoms with E-state index in [4.69, 9.17) is 9.92 Å². The van der Waals surface area contributed by atoms with Crippen LogP contribution < -0.4 is 9.92 Å². The molecule has 0 amide bonds. The SMILES string of the molecule is Nc1c(N=Nc2ccc(N=Nc3ccc(S(=O)(=O)O)cc3)c3cc(S(=O)(=O)O)cc(OS(=O)(=O)c4ccccc4)c23)ccc2cccc(O)c12. The van der Waals surface area contributed by atoms with Crippen LogP contribution in [0.3, 0.4) is 0 Å². The molecular formula is C32H23N5O10S3. The summed E-state index contributed by atoms with van der Waals surface area (Å²) in [7, 11) is -14.0. The van der Waals surface area contributed by atoms with E-state index >= 15 is 0 Å². The number of hydrogen-bond acceptors (Lipinski definition) is 13. The normalized spacial score (nSPS) is 12.7. The Hall–Kier alpha value is -5.79. The van der Waals surface area contributed by atoms with Crippen LogP contribution in [0.2, 0.25) is 0 Å². The van der Waals surface area contributed by atoms with Crippen LogP contribution in [0.5, 0.6) is 11.5 Å². The molecule has 0 saturated heterocycles. The molecule has 6 aromatic carbocycles. The number of nitrogens with zero attached hydrogens (tertiary/aromatic N) is 4. The Labute approximate surface area is 284 Å². The van der Waals surface area contributed by atoms with Gasteiger partial charge in [-0.1, -0.05) is 36.4 Å². The van der Waals surface area contributed by atoms with E-state index in [2.05, 4.69) is 20.5 Å². The Morgan fingerprint density at radius 3 is 1.86 bits per heavy atom. The van der Waals surface area contributed by atoms with Crippen molar-refractivity contribution in [2.24, 2.45) is 20.5 Å². The second-order valence-corrected chi connectivity index (χ2v) is 14.9. The molecule has 0 aliphatic rings. The molecule has 0 heterocycles. The summed E-state index contributed by atoms with van der Waals surface area (Å²) in [5, 5.41) is 27.8. The van der Waals surface area contributed by atoms with Gasteiger partial charge in [0.25, 0.3) is 20.2 Å². The molecule has 0 aromatic heterocycles. The highest BCUT2D eigenvalue weighted by molar-refractivity contribution is 7.87. The molecule has 0 bridgehead atoms. The molecule has 0 saturated carbocycles. The maximum atomic E-state index is 13.4.